The predicted molar refractivity (Wildman–Crippen MR) is 62.3 cm³/mol. The van der Waals surface area contributed by atoms with Gasteiger partial charge in [0, 0.05) is 13.1 Å². The molecule has 1 amide bonds. The molecular weight excluding hydrogens is 188 g/mol. The summed E-state index contributed by atoms with van der Waals surface area (Å²) in [4.78, 5) is 12.0. The molecule has 3 N–H and O–H groups in total. The van der Waals surface area contributed by atoms with Crippen molar-refractivity contribution in [1.82, 2.24) is 5.32 Å². The third-order valence-electron chi connectivity index (χ3n) is 3.51. The van der Waals surface area contributed by atoms with Crippen molar-refractivity contribution >= 4 is 5.91 Å². The average molecular weight is 210 g/mol. The standard InChI is InChI=1S/C12H22N2O/c1-3-8-14-11(15)12(9-13)6-4-10(2)5-7-12/h3,10H,1,4-9,13H2,2H3,(H,14,15). The number of rotatable bonds is 4. The highest BCUT2D eigenvalue weighted by Gasteiger charge is 2.39. The van der Waals surface area contributed by atoms with E-state index in [9.17, 15) is 4.79 Å². The summed E-state index contributed by atoms with van der Waals surface area (Å²) >= 11 is 0. The molecule has 0 aliphatic heterocycles. The van der Waals surface area contributed by atoms with Crippen molar-refractivity contribution in [2.75, 3.05) is 13.1 Å². The Morgan fingerprint density at radius 1 is 1.60 bits per heavy atom. The van der Waals surface area contributed by atoms with Crippen LogP contribution in [0.5, 0.6) is 0 Å². The Kier molecular flexibility index (Phi) is 4.33. The van der Waals surface area contributed by atoms with Gasteiger partial charge in [-0.15, -0.1) is 6.58 Å². The zero-order valence-corrected chi connectivity index (χ0v) is 9.59. The molecule has 0 bridgehead atoms. The first-order chi connectivity index (χ1) is 7.14. The maximum absolute atomic E-state index is 12.0. The number of carbonyl (C=O) groups excluding carboxylic acids is 1. The molecule has 0 unspecified atom stereocenters. The Hall–Kier alpha value is -0.830. The zero-order chi connectivity index (χ0) is 11.3. The molecule has 15 heavy (non-hydrogen) atoms. The van der Waals surface area contributed by atoms with Gasteiger partial charge in [-0.2, -0.15) is 0 Å². The number of nitrogens with one attached hydrogen (secondary N) is 1. The van der Waals surface area contributed by atoms with E-state index in [4.69, 9.17) is 5.73 Å². The topological polar surface area (TPSA) is 55.1 Å². The lowest BCUT2D eigenvalue weighted by atomic mass is 9.70. The van der Waals surface area contributed by atoms with Crippen molar-refractivity contribution in [3.05, 3.63) is 12.7 Å². The molecule has 0 saturated heterocycles. The van der Waals surface area contributed by atoms with Crippen LogP contribution in [0.4, 0.5) is 0 Å². The molecule has 1 rings (SSSR count). The van der Waals surface area contributed by atoms with Gasteiger partial charge in [0.2, 0.25) is 5.91 Å². The van der Waals surface area contributed by atoms with Crippen molar-refractivity contribution in [1.29, 1.82) is 0 Å². The Morgan fingerprint density at radius 2 is 2.20 bits per heavy atom. The maximum Gasteiger partial charge on any atom is 0.227 e. The summed E-state index contributed by atoms with van der Waals surface area (Å²) in [5, 5.41) is 2.87. The van der Waals surface area contributed by atoms with Gasteiger partial charge in [-0.3, -0.25) is 4.79 Å². The minimum Gasteiger partial charge on any atom is -0.352 e. The van der Waals surface area contributed by atoms with Crippen molar-refractivity contribution in [2.24, 2.45) is 17.1 Å². The lowest BCUT2D eigenvalue weighted by Gasteiger charge is -2.37. The Bertz CT molecular complexity index is 230. The minimum absolute atomic E-state index is 0.108. The summed E-state index contributed by atoms with van der Waals surface area (Å²) in [6.45, 7) is 6.83. The third-order valence-corrected chi connectivity index (χ3v) is 3.51. The summed E-state index contributed by atoms with van der Waals surface area (Å²) in [5.74, 6) is 0.841. The largest absolute Gasteiger partial charge is 0.352 e. The fourth-order valence-corrected chi connectivity index (χ4v) is 2.19. The second-order valence-electron chi connectivity index (χ2n) is 4.67. The Balaban J connectivity index is 2.59. The van der Waals surface area contributed by atoms with Gasteiger partial charge in [-0.05, 0) is 31.6 Å². The van der Waals surface area contributed by atoms with Crippen LogP contribution < -0.4 is 11.1 Å². The molecule has 1 saturated carbocycles. The number of nitrogens with two attached hydrogens (primary N) is 1. The van der Waals surface area contributed by atoms with E-state index in [1.807, 2.05) is 0 Å². The van der Waals surface area contributed by atoms with E-state index in [0.717, 1.165) is 31.6 Å². The van der Waals surface area contributed by atoms with Gasteiger partial charge in [0.15, 0.2) is 0 Å². The fourth-order valence-electron chi connectivity index (χ4n) is 2.19. The molecule has 0 aromatic carbocycles. The molecule has 0 atom stereocenters. The number of carbonyl (C=O) groups is 1. The molecule has 1 aliphatic rings. The van der Waals surface area contributed by atoms with Crippen LogP contribution in [0.3, 0.4) is 0 Å². The van der Waals surface area contributed by atoms with Crippen LogP contribution in [0.2, 0.25) is 0 Å². The Morgan fingerprint density at radius 3 is 2.67 bits per heavy atom. The molecule has 1 fully saturated rings. The summed E-state index contributed by atoms with van der Waals surface area (Å²) in [7, 11) is 0. The van der Waals surface area contributed by atoms with Gasteiger partial charge in [-0.1, -0.05) is 13.0 Å². The summed E-state index contributed by atoms with van der Waals surface area (Å²) in [5.41, 5.74) is 5.46. The lowest BCUT2D eigenvalue weighted by Crippen LogP contribution is -2.47. The SMILES string of the molecule is C=CCNC(=O)C1(CN)CCC(C)CC1. The molecule has 0 heterocycles. The highest BCUT2D eigenvalue weighted by atomic mass is 16.2. The summed E-state index contributed by atoms with van der Waals surface area (Å²) < 4.78 is 0. The van der Waals surface area contributed by atoms with E-state index in [0.29, 0.717) is 13.1 Å². The first-order valence-corrected chi connectivity index (χ1v) is 5.74. The van der Waals surface area contributed by atoms with Gasteiger partial charge >= 0.3 is 0 Å². The number of amides is 1. The maximum atomic E-state index is 12.0. The fraction of sp³-hybridized carbons (Fsp3) is 0.750. The average Bonchev–Trinajstić information content (AvgIpc) is 2.27. The van der Waals surface area contributed by atoms with E-state index in [-0.39, 0.29) is 11.3 Å². The van der Waals surface area contributed by atoms with Crippen LogP contribution in [0.1, 0.15) is 32.6 Å². The molecular formula is C12H22N2O. The van der Waals surface area contributed by atoms with Crippen LogP contribution in [-0.4, -0.2) is 19.0 Å². The van der Waals surface area contributed by atoms with Crippen molar-refractivity contribution in [2.45, 2.75) is 32.6 Å². The van der Waals surface area contributed by atoms with Crippen molar-refractivity contribution in [3.8, 4) is 0 Å². The summed E-state index contributed by atoms with van der Waals surface area (Å²) in [6, 6.07) is 0. The van der Waals surface area contributed by atoms with Gasteiger partial charge in [-0.25, -0.2) is 0 Å². The first-order valence-electron chi connectivity index (χ1n) is 5.74. The highest BCUT2D eigenvalue weighted by Crippen LogP contribution is 2.38. The van der Waals surface area contributed by atoms with Gasteiger partial charge < -0.3 is 11.1 Å². The van der Waals surface area contributed by atoms with Gasteiger partial charge in [0.25, 0.3) is 0 Å². The molecule has 0 aromatic heterocycles. The van der Waals surface area contributed by atoms with E-state index >= 15 is 0 Å². The third kappa shape index (κ3) is 2.81. The molecule has 1 aliphatic carbocycles. The smallest absolute Gasteiger partial charge is 0.227 e. The lowest BCUT2D eigenvalue weighted by molar-refractivity contribution is -0.132. The number of hydrogen-bond acceptors (Lipinski definition) is 2. The first kappa shape index (κ1) is 12.2. The minimum atomic E-state index is -0.310. The van der Waals surface area contributed by atoms with Crippen LogP contribution in [0.15, 0.2) is 12.7 Å². The number of hydrogen-bond donors (Lipinski definition) is 2. The van der Waals surface area contributed by atoms with Crippen LogP contribution >= 0.6 is 0 Å². The molecule has 0 radical (unpaired) electrons. The summed E-state index contributed by atoms with van der Waals surface area (Å²) in [6.07, 6.45) is 5.77. The second kappa shape index (κ2) is 5.31. The van der Waals surface area contributed by atoms with Crippen LogP contribution in [0.25, 0.3) is 0 Å². The van der Waals surface area contributed by atoms with E-state index in [2.05, 4.69) is 18.8 Å². The Labute approximate surface area is 92.1 Å². The quantitative estimate of drug-likeness (QED) is 0.690. The zero-order valence-electron chi connectivity index (χ0n) is 9.59. The van der Waals surface area contributed by atoms with Crippen LogP contribution in [-0.2, 0) is 4.79 Å². The van der Waals surface area contributed by atoms with Crippen LogP contribution in [0, 0.1) is 11.3 Å². The molecule has 0 aromatic rings. The molecule has 86 valence electrons. The van der Waals surface area contributed by atoms with Gasteiger partial charge in [0.1, 0.15) is 0 Å². The molecule has 3 heteroatoms. The van der Waals surface area contributed by atoms with E-state index < -0.39 is 0 Å². The van der Waals surface area contributed by atoms with Crippen molar-refractivity contribution < 1.29 is 4.79 Å². The van der Waals surface area contributed by atoms with E-state index in [1.165, 1.54) is 0 Å². The molecule has 0 spiro atoms. The van der Waals surface area contributed by atoms with Gasteiger partial charge in [0.05, 0.1) is 5.41 Å². The molecule has 3 nitrogen and oxygen atoms in total. The van der Waals surface area contributed by atoms with Crippen molar-refractivity contribution in [3.63, 3.8) is 0 Å². The monoisotopic (exact) mass is 210 g/mol. The normalized spacial score (nSPS) is 30.9. The predicted octanol–water partition coefficient (Wildman–Crippen LogP) is 1.44. The highest BCUT2D eigenvalue weighted by molar-refractivity contribution is 5.83. The second-order valence-corrected chi connectivity index (χ2v) is 4.67. The van der Waals surface area contributed by atoms with E-state index in [1.54, 1.807) is 6.08 Å².